The molecule has 0 radical (unpaired) electrons. The Morgan fingerprint density at radius 1 is 1.57 bits per heavy atom. The first-order valence-electron chi connectivity index (χ1n) is 2.80. The Labute approximate surface area is 47.9 Å². The molecule has 2 saturated heterocycles. The summed E-state index contributed by atoms with van der Waals surface area (Å²) in [6.45, 7) is 1.29. The predicted octanol–water partition coefficient (Wildman–Crippen LogP) is 0.669. The quantitative estimate of drug-likeness (QED) is 0.498. The zero-order valence-corrected chi connectivity index (χ0v) is 5.00. The number of hydrogen-bond donors (Lipinski definition) is 1. The Hall–Kier alpha value is 0.310. The minimum Gasteiger partial charge on any atom is -0.305 e. The van der Waals surface area contributed by atoms with Crippen molar-refractivity contribution in [1.29, 1.82) is 0 Å². The second kappa shape index (κ2) is 1.39. The van der Waals surface area contributed by atoms with Crippen molar-refractivity contribution in [1.82, 2.24) is 5.32 Å². The topological polar surface area (TPSA) is 12.0 Å². The summed E-state index contributed by atoms with van der Waals surface area (Å²) in [6, 6.07) is 0. The molecule has 0 aromatic carbocycles. The first-order valence-corrected chi connectivity index (χ1v) is 3.85. The van der Waals surface area contributed by atoms with Crippen LogP contribution in [0.1, 0.15) is 6.42 Å². The van der Waals surface area contributed by atoms with Crippen molar-refractivity contribution < 1.29 is 0 Å². The zero-order chi connectivity index (χ0) is 4.69. The van der Waals surface area contributed by atoms with Gasteiger partial charge in [-0.05, 0) is 24.6 Å². The molecule has 0 saturated carbocycles. The fraction of sp³-hybridized carbons (Fsp3) is 1.00. The van der Waals surface area contributed by atoms with Gasteiger partial charge >= 0.3 is 0 Å². The van der Waals surface area contributed by atoms with Crippen molar-refractivity contribution in [2.45, 2.75) is 11.8 Å². The second-order valence-corrected chi connectivity index (χ2v) is 3.57. The lowest BCUT2D eigenvalue weighted by Gasteiger charge is -2.08. The Balaban J connectivity index is 2.12. The predicted molar refractivity (Wildman–Crippen MR) is 32.4 cm³/mol. The molecule has 2 heterocycles. The van der Waals surface area contributed by atoms with Crippen LogP contribution in [0.2, 0.25) is 0 Å². The highest BCUT2D eigenvalue weighted by Gasteiger charge is 2.30. The fourth-order valence-corrected chi connectivity index (χ4v) is 2.65. The summed E-state index contributed by atoms with van der Waals surface area (Å²) in [6.07, 6.45) is 1.44. The van der Waals surface area contributed by atoms with E-state index in [1.807, 2.05) is 0 Å². The number of rotatable bonds is 0. The Bertz CT molecular complexity index is 66.1. The summed E-state index contributed by atoms with van der Waals surface area (Å²) in [5.41, 5.74) is 0. The van der Waals surface area contributed by atoms with Crippen molar-refractivity contribution in [3.63, 3.8) is 0 Å². The summed E-state index contributed by atoms with van der Waals surface area (Å²) in [5, 5.41) is 4.26. The summed E-state index contributed by atoms with van der Waals surface area (Å²) >= 11 is 2.08. The van der Waals surface area contributed by atoms with E-state index in [9.17, 15) is 0 Å². The number of nitrogens with one attached hydrogen (secondary N) is 1. The maximum absolute atomic E-state index is 3.42. The van der Waals surface area contributed by atoms with Crippen LogP contribution in [0.15, 0.2) is 0 Å². The van der Waals surface area contributed by atoms with E-state index < -0.39 is 0 Å². The Morgan fingerprint density at radius 2 is 2.57 bits per heavy atom. The molecule has 2 rings (SSSR count). The van der Waals surface area contributed by atoms with Crippen LogP contribution in [0, 0.1) is 5.92 Å². The molecule has 0 aliphatic carbocycles. The first kappa shape index (κ1) is 4.21. The lowest BCUT2D eigenvalue weighted by atomic mass is 10.2. The number of thioether (sulfide) groups is 1. The molecular weight excluding hydrogens is 106 g/mol. The average Bonchev–Trinajstić information content (AvgIpc) is 2.22. The molecule has 0 amide bonds. The van der Waals surface area contributed by atoms with Crippen molar-refractivity contribution in [2.24, 2.45) is 5.92 Å². The van der Waals surface area contributed by atoms with E-state index in [1.54, 1.807) is 0 Å². The third-order valence-electron chi connectivity index (χ3n) is 1.71. The van der Waals surface area contributed by atoms with Gasteiger partial charge in [0.25, 0.3) is 0 Å². The van der Waals surface area contributed by atoms with Crippen LogP contribution < -0.4 is 5.32 Å². The lowest BCUT2D eigenvalue weighted by Crippen LogP contribution is -2.21. The molecule has 2 fully saturated rings. The molecule has 2 bridgehead atoms. The second-order valence-electron chi connectivity index (χ2n) is 2.33. The number of hydrogen-bond acceptors (Lipinski definition) is 2. The van der Waals surface area contributed by atoms with E-state index in [1.165, 1.54) is 18.7 Å². The minimum absolute atomic E-state index is 0.838. The first-order chi connectivity index (χ1) is 3.45. The molecule has 2 atom stereocenters. The van der Waals surface area contributed by atoms with Crippen molar-refractivity contribution in [3.05, 3.63) is 0 Å². The summed E-state index contributed by atoms with van der Waals surface area (Å²) in [5.74, 6) is 2.44. The fourth-order valence-electron chi connectivity index (χ4n) is 1.27. The smallest absolute Gasteiger partial charge is 0.0535 e. The van der Waals surface area contributed by atoms with E-state index in [-0.39, 0.29) is 0 Å². The Kier molecular flexibility index (Phi) is 0.837. The molecule has 7 heavy (non-hydrogen) atoms. The third kappa shape index (κ3) is 0.572. The van der Waals surface area contributed by atoms with Crippen LogP contribution in [0.3, 0.4) is 0 Å². The maximum Gasteiger partial charge on any atom is 0.0535 e. The van der Waals surface area contributed by atoms with Crippen molar-refractivity contribution in [3.8, 4) is 0 Å². The van der Waals surface area contributed by atoms with Gasteiger partial charge in [-0.1, -0.05) is 0 Å². The molecule has 2 aliphatic heterocycles. The molecule has 1 N–H and O–H groups in total. The average molecular weight is 115 g/mol. The van der Waals surface area contributed by atoms with Gasteiger partial charge in [-0.3, -0.25) is 0 Å². The summed E-state index contributed by atoms with van der Waals surface area (Å²) < 4.78 is 0. The normalized spacial score (nSPS) is 48.0. The molecular formula is C5H9NS. The standard InChI is InChI=1S/C5H9NS/c1-4-2-6-5(1)7-3-4/h4-6H,1-3H2. The van der Waals surface area contributed by atoms with Gasteiger partial charge in [-0.15, -0.1) is 11.8 Å². The van der Waals surface area contributed by atoms with Crippen LogP contribution in [0.5, 0.6) is 0 Å². The highest BCUT2D eigenvalue weighted by atomic mass is 32.2. The van der Waals surface area contributed by atoms with E-state index in [2.05, 4.69) is 17.1 Å². The minimum atomic E-state index is 0.838. The zero-order valence-electron chi connectivity index (χ0n) is 4.18. The molecule has 2 heteroatoms. The highest BCUT2D eigenvalue weighted by molar-refractivity contribution is 8.00. The van der Waals surface area contributed by atoms with Gasteiger partial charge in [0.2, 0.25) is 0 Å². The molecule has 0 aromatic rings. The molecule has 2 aliphatic rings. The van der Waals surface area contributed by atoms with E-state index in [0.717, 1.165) is 11.3 Å². The highest BCUT2D eigenvalue weighted by Crippen LogP contribution is 2.33. The monoisotopic (exact) mass is 115 g/mol. The molecule has 0 spiro atoms. The van der Waals surface area contributed by atoms with Crippen molar-refractivity contribution >= 4 is 11.8 Å². The maximum atomic E-state index is 3.42. The Morgan fingerprint density at radius 3 is 2.71 bits per heavy atom. The SMILES string of the molecule is C1NC2CC1CS2. The molecule has 40 valence electrons. The van der Waals surface area contributed by atoms with Crippen LogP contribution in [-0.4, -0.2) is 17.7 Å². The van der Waals surface area contributed by atoms with Gasteiger partial charge in [-0.25, -0.2) is 0 Å². The van der Waals surface area contributed by atoms with Gasteiger partial charge in [0.1, 0.15) is 0 Å². The molecule has 1 nitrogen and oxygen atoms in total. The van der Waals surface area contributed by atoms with E-state index in [4.69, 9.17) is 0 Å². The van der Waals surface area contributed by atoms with Crippen LogP contribution in [0.4, 0.5) is 0 Å². The van der Waals surface area contributed by atoms with Gasteiger partial charge in [-0.2, -0.15) is 0 Å². The van der Waals surface area contributed by atoms with Crippen LogP contribution >= 0.6 is 11.8 Å². The van der Waals surface area contributed by atoms with Crippen LogP contribution in [-0.2, 0) is 0 Å². The third-order valence-corrected chi connectivity index (χ3v) is 3.14. The van der Waals surface area contributed by atoms with Gasteiger partial charge < -0.3 is 5.32 Å². The largest absolute Gasteiger partial charge is 0.305 e. The molecule has 2 unspecified atom stereocenters. The van der Waals surface area contributed by atoms with E-state index in [0.29, 0.717) is 0 Å². The summed E-state index contributed by atoms with van der Waals surface area (Å²) in [7, 11) is 0. The molecule has 0 aromatic heterocycles. The van der Waals surface area contributed by atoms with Gasteiger partial charge in [0.05, 0.1) is 5.37 Å². The van der Waals surface area contributed by atoms with E-state index >= 15 is 0 Å². The lowest BCUT2D eigenvalue weighted by molar-refractivity contribution is 0.669. The van der Waals surface area contributed by atoms with Crippen LogP contribution in [0.25, 0.3) is 0 Å². The van der Waals surface area contributed by atoms with Gasteiger partial charge in [0.15, 0.2) is 0 Å². The van der Waals surface area contributed by atoms with Gasteiger partial charge in [0, 0.05) is 0 Å². The number of fused-ring (bicyclic) bond motifs is 2. The van der Waals surface area contributed by atoms with Crippen molar-refractivity contribution in [2.75, 3.05) is 12.3 Å². The summed E-state index contributed by atoms with van der Waals surface area (Å²) in [4.78, 5) is 0.